The Hall–Kier alpha value is -3.25. The fourth-order valence-corrected chi connectivity index (χ4v) is 2.88. The van der Waals surface area contributed by atoms with Gasteiger partial charge in [-0.15, -0.1) is 0 Å². The number of furan rings is 1. The van der Waals surface area contributed by atoms with Crippen LogP contribution in [0.25, 0.3) is 11.3 Å². The number of benzene rings is 2. The second-order valence-electron chi connectivity index (χ2n) is 6.33. The highest BCUT2D eigenvalue weighted by atomic mass is 35.5. The molecule has 0 aliphatic carbocycles. The molecule has 0 aliphatic heterocycles. The number of ether oxygens (including phenoxy) is 2. The van der Waals surface area contributed by atoms with Crippen molar-refractivity contribution in [3.63, 3.8) is 0 Å². The van der Waals surface area contributed by atoms with Crippen molar-refractivity contribution in [3.8, 4) is 22.8 Å². The third kappa shape index (κ3) is 5.18. The summed E-state index contributed by atoms with van der Waals surface area (Å²) in [5.74, 6) is 2.02. The van der Waals surface area contributed by atoms with Crippen molar-refractivity contribution in [2.45, 2.75) is 13.8 Å². The number of methoxy groups -OCH3 is 1. The first kappa shape index (κ1) is 20.5. The van der Waals surface area contributed by atoms with Crippen LogP contribution in [-0.4, -0.2) is 25.8 Å². The van der Waals surface area contributed by atoms with Crippen LogP contribution in [0, 0.1) is 13.8 Å². The lowest BCUT2D eigenvalue weighted by Crippen LogP contribution is -2.24. The normalized spacial score (nSPS) is 10.9. The fraction of sp³-hybridized carbons (Fsp3) is 0.182. The Kier molecular flexibility index (Phi) is 6.57. The average Bonchev–Trinajstić information content (AvgIpc) is 3.18. The molecule has 2 aromatic carbocycles. The van der Waals surface area contributed by atoms with Crippen molar-refractivity contribution in [2.24, 2.45) is 5.10 Å². The smallest absolute Gasteiger partial charge is 0.277 e. The molecule has 0 bridgehead atoms. The van der Waals surface area contributed by atoms with Crippen LogP contribution in [0.1, 0.15) is 16.9 Å². The second kappa shape index (κ2) is 9.30. The van der Waals surface area contributed by atoms with Gasteiger partial charge in [-0.05, 0) is 61.4 Å². The zero-order valence-corrected chi connectivity index (χ0v) is 17.1. The molecule has 0 aliphatic rings. The molecule has 0 saturated heterocycles. The van der Waals surface area contributed by atoms with Gasteiger partial charge in [0.1, 0.15) is 23.0 Å². The lowest BCUT2D eigenvalue weighted by Gasteiger charge is -2.09. The Morgan fingerprint density at radius 3 is 2.76 bits per heavy atom. The number of rotatable bonds is 7. The van der Waals surface area contributed by atoms with E-state index in [9.17, 15) is 4.79 Å². The van der Waals surface area contributed by atoms with E-state index in [1.807, 2.05) is 38.1 Å². The fourth-order valence-electron chi connectivity index (χ4n) is 2.62. The van der Waals surface area contributed by atoms with Crippen LogP contribution in [0.15, 0.2) is 58.0 Å². The number of halogens is 1. The SMILES string of the molecule is COc1ccc(-c2ccc(/C=N/NC(=O)COc3cccc(C)c3C)o2)cc1Cl. The Morgan fingerprint density at radius 1 is 1.17 bits per heavy atom. The zero-order chi connectivity index (χ0) is 20.8. The molecule has 0 unspecified atom stereocenters. The minimum atomic E-state index is -0.365. The van der Waals surface area contributed by atoms with Crippen LogP contribution in [-0.2, 0) is 4.79 Å². The van der Waals surface area contributed by atoms with E-state index in [1.165, 1.54) is 6.21 Å². The first-order chi connectivity index (χ1) is 14.0. The van der Waals surface area contributed by atoms with E-state index < -0.39 is 0 Å². The summed E-state index contributed by atoms with van der Waals surface area (Å²) in [6.45, 7) is 3.81. The molecule has 0 radical (unpaired) electrons. The van der Waals surface area contributed by atoms with E-state index in [0.29, 0.717) is 28.0 Å². The van der Waals surface area contributed by atoms with Crippen LogP contribution in [0.3, 0.4) is 0 Å². The maximum atomic E-state index is 11.9. The van der Waals surface area contributed by atoms with Gasteiger partial charge in [-0.3, -0.25) is 4.79 Å². The highest BCUT2D eigenvalue weighted by Crippen LogP contribution is 2.30. The maximum Gasteiger partial charge on any atom is 0.277 e. The lowest BCUT2D eigenvalue weighted by molar-refractivity contribution is -0.123. The van der Waals surface area contributed by atoms with Gasteiger partial charge in [0.2, 0.25) is 0 Å². The number of carbonyl (C=O) groups excluding carboxylic acids is 1. The molecule has 1 heterocycles. The van der Waals surface area contributed by atoms with E-state index in [1.54, 1.807) is 31.4 Å². The molecular formula is C22H21ClN2O4. The number of amides is 1. The minimum Gasteiger partial charge on any atom is -0.495 e. The number of aryl methyl sites for hydroxylation is 1. The Labute approximate surface area is 174 Å². The standard InChI is InChI=1S/C22H21ClN2O4/c1-14-5-4-6-19(15(14)2)28-13-22(26)25-24-12-17-8-10-20(29-17)16-7-9-21(27-3)18(23)11-16/h4-12H,13H2,1-3H3,(H,25,26)/b24-12+. The summed E-state index contributed by atoms with van der Waals surface area (Å²) in [5.41, 5.74) is 5.33. The molecule has 6 nitrogen and oxygen atoms in total. The molecular weight excluding hydrogens is 392 g/mol. The van der Waals surface area contributed by atoms with Crippen molar-refractivity contribution < 1.29 is 18.7 Å². The van der Waals surface area contributed by atoms with Gasteiger partial charge in [0.15, 0.2) is 6.61 Å². The van der Waals surface area contributed by atoms with Gasteiger partial charge in [-0.1, -0.05) is 23.7 Å². The molecule has 0 saturated carbocycles. The van der Waals surface area contributed by atoms with Crippen molar-refractivity contribution >= 4 is 23.7 Å². The van der Waals surface area contributed by atoms with E-state index in [2.05, 4.69) is 10.5 Å². The van der Waals surface area contributed by atoms with E-state index in [0.717, 1.165) is 16.7 Å². The summed E-state index contributed by atoms with van der Waals surface area (Å²) < 4.78 is 16.4. The predicted octanol–water partition coefficient (Wildman–Crippen LogP) is 4.75. The van der Waals surface area contributed by atoms with Gasteiger partial charge in [0, 0.05) is 5.56 Å². The van der Waals surface area contributed by atoms with Crippen molar-refractivity contribution in [3.05, 3.63) is 70.4 Å². The molecule has 7 heteroatoms. The summed E-state index contributed by atoms with van der Waals surface area (Å²) in [4.78, 5) is 11.9. The molecule has 1 aromatic heterocycles. The summed E-state index contributed by atoms with van der Waals surface area (Å²) in [6, 6.07) is 14.6. The van der Waals surface area contributed by atoms with Crippen molar-refractivity contribution in [1.29, 1.82) is 0 Å². The quantitative estimate of drug-likeness (QED) is 0.448. The van der Waals surface area contributed by atoms with Gasteiger partial charge in [0.05, 0.1) is 18.3 Å². The van der Waals surface area contributed by atoms with E-state index in [-0.39, 0.29) is 12.5 Å². The Morgan fingerprint density at radius 2 is 2.00 bits per heavy atom. The lowest BCUT2D eigenvalue weighted by atomic mass is 10.1. The molecule has 0 atom stereocenters. The number of carbonyl (C=O) groups is 1. The van der Waals surface area contributed by atoms with Gasteiger partial charge < -0.3 is 13.9 Å². The number of hydrogen-bond donors (Lipinski definition) is 1. The average molecular weight is 413 g/mol. The van der Waals surface area contributed by atoms with Crippen molar-refractivity contribution in [2.75, 3.05) is 13.7 Å². The first-order valence-corrected chi connectivity index (χ1v) is 9.30. The van der Waals surface area contributed by atoms with Crippen LogP contribution in [0.5, 0.6) is 11.5 Å². The molecule has 1 amide bonds. The highest BCUT2D eigenvalue weighted by molar-refractivity contribution is 6.32. The maximum absolute atomic E-state index is 11.9. The molecule has 1 N–H and O–H groups in total. The number of nitrogens with one attached hydrogen (secondary N) is 1. The summed E-state index contributed by atoms with van der Waals surface area (Å²) >= 11 is 6.14. The van der Waals surface area contributed by atoms with Gasteiger partial charge >= 0.3 is 0 Å². The van der Waals surface area contributed by atoms with Crippen LogP contribution in [0.2, 0.25) is 5.02 Å². The number of hydrazone groups is 1. The molecule has 0 spiro atoms. The van der Waals surface area contributed by atoms with Gasteiger partial charge in [-0.2, -0.15) is 5.10 Å². The molecule has 3 rings (SSSR count). The molecule has 29 heavy (non-hydrogen) atoms. The van der Waals surface area contributed by atoms with Gasteiger partial charge in [0.25, 0.3) is 5.91 Å². The molecule has 3 aromatic rings. The van der Waals surface area contributed by atoms with Crippen molar-refractivity contribution in [1.82, 2.24) is 5.43 Å². The first-order valence-electron chi connectivity index (χ1n) is 8.92. The topological polar surface area (TPSA) is 73.1 Å². The number of nitrogens with zero attached hydrogens (tertiary/aromatic N) is 1. The third-order valence-corrected chi connectivity index (χ3v) is 4.65. The second-order valence-corrected chi connectivity index (χ2v) is 6.74. The molecule has 0 fully saturated rings. The van der Waals surface area contributed by atoms with E-state index in [4.69, 9.17) is 25.5 Å². The van der Waals surface area contributed by atoms with Crippen LogP contribution in [0.4, 0.5) is 0 Å². The Bertz CT molecular complexity index is 1040. The monoisotopic (exact) mass is 412 g/mol. The van der Waals surface area contributed by atoms with Crippen LogP contribution < -0.4 is 14.9 Å². The third-order valence-electron chi connectivity index (χ3n) is 4.36. The summed E-state index contributed by atoms with van der Waals surface area (Å²) in [5, 5.41) is 4.39. The largest absolute Gasteiger partial charge is 0.495 e. The predicted molar refractivity (Wildman–Crippen MR) is 113 cm³/mol. The highest BCUT2D eigenvalue weighted by Gasteiger charge is 2.08. The summed E-state index contributed by atoms with van der Waals surface area (Å²) in [6.07, 6.45) is 1.42. The summed E-state index contributed by atoms with van der Waals surface area (Å²) in [7, 11) is 1.56. The van der Waals surface area contributed by atoms with Crippen LogP contribution >= 0.6 is 11.6 Å². The van der Waals surface area contributed by atoms with E-state index >= 15 is 0 Å². The van der Waals surface area contributed by atoms with Gasteiger partial charge in [-0.25, -0.2) is 5.43 Å². The Balaban J connectivity index is 1.55. The minimum absolute atomic E-state index is 0.130. The zero-order valence-electron chi connectivity index (χ0n) is 16.4. The molecule has 150 valence electrons. The number of hydrogen-bond acceptors (Lipinski definition) is 5.